The number of carboxylic acids is 1. The van der Waals surface area contributed by atoms with Crippen molar-refractivity contribution in [2.75, 3.05) is 13.1 Å². The van der Waals surface area contributed by atoms with Crippen molar-refractivity contribution in [2.24, 2.45) is 0 Å². The van der Waals surface area contributed by atoms with E-state index in [1.165, 1.54) is 11.3 Å². The number of hydrogen-bond acceptors (Lipinski definition) is 5. The largest absolute Gasteiger partial charge is 0.476 e. The molecular weight excluding hydrogens is 322 g/mol. The van der Waals surface area contributed by atoms with Crippen LogP contribution >= 0.6 is 22.9 Å². The molecule has 22 heavy (non-hydrogen) atoms. The molecule has 1 fully saturated rings. The first-order valence-electron chi connectivity index (χ1n) is 7.13. The molecule has 3 rings (SSSR count). The standard InChI is InChI=1S/C15H16ClN3O2S/c16-11-3-4-12(17-6-11)8-19-5-1-2-10(7-19)14-18-13(9-22-14)15(20)21/h3-4,6,9-10H,1-2,5,7-8H2,(H,20,21). The van der Waals surface area contributed by atoms with E-state index in [1.54, 1.807) is 11.6 Å². The van der Waals surface area contributed by atoms with Crippen LogP contribution in [0.2, 0.25) is 5.02 Å². The molecule has 1 saturated heterocycles. The van der Waals surface area contributed by atoms with Gasteiger partial charge in [-0.2, -0.15) is 0 Å². The molecule has 0 aliphatic carbocycles. The Kier molecular flexibility index (Phi) is 4.71. The van der Waals surface area contributed by atoms with Crippen LogP contribution in [-0.4, -0.2) is 39.0 Å². The van der Waals surface area contributed by atoms with Crippen LogP contribution in [0.3, 0.4) is 0 Å². The molecular formula is C15H16ClN3O2S. The van der Waals surface area contributed by atoms with Gasteiger partial charge in [0.2, 0.25) is 0 Å². The summed E-state index contributed by atoms with van der Waals surface area (Å²) in [5.41, 5.74) is 1.15. The van der Waals surface area contributed by atoms with Gasteiger partial charge in [0.15, 0.2) is 5.69 Å². The van der Waals surface area contributed by atoms with Gasteiger partial charge in [0, 0.05) is 30.6 Å². The van der Waals surface area contributed by atoms with Crippen molar-refractivity contribution in [3.05, 3.63) is 45.1 Å². The summed E-state index contributed by atoms with van der Waals surface area (Å²) in [7, 11) is 0. The van der Waals surface area contributed by atoms with Crippen molar-refractivity contribution in [3.63, 3.8) is 0 Å². The normalized spacial score (nSPS) is 19.2. The van der Waals surface area contributed by atoms with E-state index in [4.69, 9.17) is 16.7 Å². The first-order chi connectivity index (χ1) is 10.6. The second kappa shape index (κ2) is 6.73. The minimum absolute atomic E-state index is 0.150. The molecule has 1 aliphatic rings. The molecule has 1 atom stereocenters. The Morgan fingerprint density at radius 1 is 1.50 bits per heavy atom. The van der Waals surface area contributed by atoms with Crippen LogP contribution in [0.5, 0.6) is 0 Å². The summed E-state index contributed by atoms with van der Waals surface area (Å²) in [6.45, 7) is 2.69. The number of likely N-dealkylation sites (tertiary alicyclic amines) is 1. The SMILES string of the molecule is O=C(O)c1csc(C2CCCN(Cc3ccc(Cl)cn3)C2)n1. The fourth-order valence-electron chi connectivity index (χ4n) is 2.70. The Morgan fingerprint density at radius 3 is 3.05 bits per heavy atom. The van der Waals surface area contributed by atoms with Crippen LogP contribution in [0.25, 0.3) is 0 Å². The lowest BCUT2D eigenvalue weighted by molar-refractivity contribution is 0.0691. The molecule has 2 aromatic heterocycles. The maximum atomic E-state index is 10.9. The molecule has 0 spiro atoms. The molecule has 1 aliphatic heterocycles. The van der Waals surface area contributed by atoms with Gasteiger partial charge < -0.3 is 5.11 Å². The molecule has 2 aromatic rings. The van der Waals surface area contributed by atoms with E-state index in [-0.39, 0.29) is 5.69 Å². The number of thiazole rings is 1. The molecule has 7 heteroatoms. The summed E-state index contributed by atoms with van der Waals surface area (Å²) < 4.78 is 0. The van der Waals surface area contributed by atoms with Gasteiger partial charge in [-0.15, -0.1) is 11.3 Å². The lowest BCUT2D eigenvalue weighted by Crippen LogP contribution is -2.34. The predicted molar refractivity (Wildman–Crippen MR) is 85.6 cm³/mol. The summed E-state index contributed by atoms with van der Waals surface area (Å²) in [5.74, 6) is -0.653. The molecule has 0 bridgehead atoms. The monoisotopic (exact) mass is 337 g/mol. The molecule has 0 aromatic carbocycles. The topological polar surface area (TPSA) is 66.3 Å². The van der Waals surface area contributed by atoms with E-state index in [0.717, 1.165) is 43.2 Å². The second-order valence-corrected chi connectivity index (χ2v) is 6.74. The highest BCUT2D eigenvalue weighted by Gasteiger charge is 2.24. The van der Waals surface area contributed by atoms with Crippen molar-refractivity contribution in [2.45, 2.75) is 25.3 Å². The number of halogens is 1. The average Bonchev–Trinajstić information content (AvgIpc) is 3.00. The van der Waals surface area contributed by atoms with Gasteiger partial charge in [-0.05, 0) is 31.5 Å². The molecule has 0 radical (unpaired) electrons. The summed E-state index contributed by atoms with van der Waals surface area (Å²) in [5, 5.41) is 12.2. The van der Waals surface area contributed by atoms with Crippen molar-refractivity contribution >= 4 is 28.9 Å². The van der Waals surface area contributed by atoms with Gasteiger partial charge in [0.05, 0.1) is 15.7 Å². The van der Waals surface area contributed by atoms with E-state index in [1.807, 2.05) is 12.1 Å². The highest BCUT2D eigenvalue weighted by atomic mass is 35.5. The van der Waals surface area contributed by atoms with Crippen LogP contribution in [0.1, 0.15) is 39.9 Å². The number of hydrogen-bond donors (Lipinski definition) is 1. The van der Waals surface area contributed by atoms with Gasteiger partial charge >= 0.3 is 5.97 Å². The third-order valence-corrected chi connectivity index (χ3v) is 5.00. The molecule has 0 amide bonds. The molecule has 1 unspecified atom stereocenters. The van der Waals surface area contributed by atoms with Crippen LogP contribution in [0, 0.1) is 0 Å². The Bertz CT molecular complexity index is 659. The lowest BCUT2D eigenvalue weighted by Gasteiger charge is -2.31. The summed E-state index contributed by atoms with van der Waals surface area (Å²) in [6.07, 6.45) is 3.80. The molecule has 116 valence electrons. The summed E-state index contributed by atoms with van der Waals surface area (Å²) in [6, 6.07) is 3.79. The van der Waals surface area contributed by atoms with E-state index in [9.17, 15) is 4.79 Å². The van der Waals surface area contributed by atoms with Crippen LogP contribution in [0.15, 0.2) is 23.7 Å². The number of carbonyl (C=O) groups is 1. The minimum atomic E-state index is -0.958. The van der Waals surface area contributed by atoms with Gasteiger partial charge in [-0.1, -0.05) is 11.6 Å². The number of aromatic carboxylic acids is 1. The van der Waals surface area contributed by atoms with Gasteiger partial charge in [0.25, 0.3) is 0 Å². The quantitative estimate of drug-likeness (QED) is 0.927. The number of aromatic nitrogens is 2. The second-order valence-electron chi connectivity index (χ2n) is 5.42. The van der Waals surface area contributed by atoms with Gasteiger partial charge in [0.1, 0.15) is 0 Å². The van der Waals surface area contributed by atoms with Crippen molar-refractivity contribution < 1.29 is 9.90 Å². The number of piperidine rings is 1. The van der Waals surface area contributed by atoms with E-state index < -0.39 is 5.97 Å². The van der Waals surface area contributed by atoms with E-state index in [2.05, 4.69) is 14.9 Å². The summed E-state index contributed by atoms with van der Waals surface area (Å²) in [4.78, 5) is 21.9. The zero-order chi connectivity index (χ0) is 15.5. The molecule has 3 heterocycles. The highest BCUT2D eigenvalue weighted by molar-refractivity contribution is 7.09. The van der Waals surface area contributed by atoms with Crippen molar-refractivity contribution in [1.82, 2.24) is 14.9 Å². The highest BCUT2D eigenvalue weighted by Crippen LogP contribution is 2.29. The number of rotatable bonds is 4. The third-order valence-electron chi connectivity index (χ3n) is 3.77. The lowest BCUT2D eigenvalue weighted by atomic mass is 9.98. The Morgan fingerprint density at radius 2 is 2.36 bits per heavy atom. The smallest absolute Gasteiger partial charge is 0.355 e. The fraction of sp³-hybridized carbons (Fsp3) is 0.400. The average molecular weight is 338 g/mol. The van der Waals surface area contributed by atoms with Crippen molar-refractivity contribution in [1.29, 1.82) is 0 Å². The molecule has 1 N–H and O–H groups in total. The van der Waals surface area contributed by atoms with Crippen LogP contribution < -0.4 is 0 Å². The van der Waals surface area contributed by atoms with Crippen LogP contribution in [-0.2, 0) is 6.54 Å². The summed E-state index contributed by atoms with van der Waals surface area (Å²) >= 11 is 7.30. The maximum absolute atomic E-state index is 10.9. The van der Waals surface area contributed by atoms with Gasteiger partial charge in [-0.3, -0.25) is 9.88 Å². The van der Waals surface area contributed by atoms with Crippen molar-refractivity contribution in [3.8, 4) is 0 Å². The first kappa shape index (κ1) is 15.4. The fourth-order valence-corrected chi connectivity index (χ4v) is 3.74. The Labute approximate surface area is 137 Å². The van der Waals surface area contributed by atoms with Crippen LogP contribution in [0.4, 0.5) is 0 Å². The number of nitrogens with zero attached hydrogens (tertiary/aromatic N) is 3. The predicted octanol–water partition coefficient (Wildman–Crippen LogP) is 3.27. The zero-order valence-corrected chi connectivity index (χ0v) is 13.5. The molecule has 0 saturated carbocycles. The third kappa shape index (κ3) is 3.63. The number of carboxylic acid groups (broad SMARTS) is 1. The molecule has 5 nitrogen and oxygen atoms in total. The first-order valence-corrected chi connectivity index (χ1v) is 8.39. The van der Waals surface area contributed by atoms with E-state index >= 15 is 0 Å². The number of pyridine rings is 1. The zero-order valence-electron chi connectivity index (χ0n) is 11.9. The minimum Gasteiger partial charge on any atom is -0.476 e. The maximum Gasteiger partial charge on any atom is 0.355 e. The van der Waals surface area contributed by atoms with E-state index in [0.29, 0.717) is 10.9 Å². The Balaban J connectivity index is 1.65. The van der Waals surface area contributed by atoms with Gasteiger partial charge in [-0.25, -0.2) is 9.78 Å². The Hall–Kier alpha value is -1.50.